The Kier molecular flexibility index (Phi) is 5.57. The van der Waals surface area contributed by atoms with Crippen LogP contribution in [0.2, 0.25) is 0 Å². The summed E-state index contributed by atoms with van der Waals surface area (Å²) in [5, 5.41) is 8.47. The molecule has 1 aromatic carbocycles. The van der Waals surface area contributed by atoms with Gasteiger partial charge in [0.15, 0.2) is 0 Å². The second kappa shape index (κ2) is 8.44. The summed E-state index contributed by atoms with van der Waals surface area (Å²) in [5.41, 5.74) is 1.80. The fraction of sp³-hybridized carbons (Fsp3) is 0.478. The first kappa shape index (κ1) is 22.4. The number of carbonyl (C=O) groups excluding carboxylic acids is 2. The molecule has 1 saturated heterocycles. The van der Waals surface area contributed by atoms with E-state index in [0.29, 0.717) is 5.69 Å². The van der Waals surface area contributed by atoms with Crippen molar-refractivity contribution in [1.82, 2.24) is 20.2 Å². The Morgan fingerprint density at radius 2 is 1.85 bits per heavy atom. The lowest BCUT2D eigenvalue weighted by molar-refractivity contribution is -0.137. The van der Waals surface area contributed by atoms with Crippen molar-refractivity contribution in [3.63, 3.8) is 0 Å². The molecule has 8 nitrogen and oxygen atoms in total. The molecule has 1 aromatic heterocycles. The molecule has 2 aliphatic heterocycles. The Morgan fingerprint density at radius 3 is 2.50 bits per heavy atom. The first-order valence-corrected chi connectivity index (χ1v) is 11.4. The van der Waals surface area contributed by atoms with E-state index in [2.05, 4.69) is 25.9 Å². The molecule has 3 aliphatic rings. The second-order valence-electron chi connectivity index (χ2n) is 9.01. The molecule has 3 N–H and O–H groups in total. The van der Waals surface area contributed by atoms with E-state index >= 15 is 0 Å². The van der Waals surface area contributed by atoms with Crippen molar-refractivity contribution in [1.29, 1.82) is 0 Å². The van der Waals surface area contributed by atoms with Crippen LogP contribution in [0.1, 0.15) is 67.8 Å². The summed E-state index contributed by atoms with van der Waals surface area (Å²) in [6, 6.07) is 5.51. The van der Waals surface area contributed by atoms with Crippen molar-refractivity contribution in [2.75, 3.05) is 17.2 Å². The maximum atomic E-state index is 13.4. The Hall–Kier alpha value is -3.37. The molecule has 3 heterocycles. The van der Waals surface area contributed by atoms with E-state index in [9.17, 15) is 22.8 Å². The first-order chi connectivity index (χ1) is 16.2. The van der Waals surface area contributed by atoms with Gasteiger partial charge in [-0.05, 0) is 55.4 Å². The van der Waals surface area contributed by atoms with Crippen molar-refractivity contribution in [3.8, 4) is 0 Å². The highest BCUT2D eigenvalue weighted by Gasteiger charge is 2.46. The van der Waals surface area contributed by atoms with E-state index in [1.807, 2.05) is 23.1 Å². The summed E-state index contributed by atoms with van der Waals surface area (Å²) >= 11 is 0. The number of hydrogen-bond donors (Lipinski definition) is 3. The molecular formula is C23H25F3N6O2. The normalized spacial score (nSPS) is 21.1. The Morgan fingerprint density at radius 1 is 1.12 bits per heavy atom. The van der Waals surface area contributed by atoms with E-state index < -0.39 is 11.7 Å². The molecule has 1 aliphatic carbocycles. The molecular weight excluding hydrogens is 449 g/mol. The van der Waals surface area contributed by atoms with Crippen molar-refractivity contribution >= 4 is 29.3 Å². The highest BCUT2D eigenvalue weighted by Crippen LogP contribution is 2.53. The topological polar surface area (TPSA) is 99.3 Å². The van der Waals surface area contributed by atoms with Gasteiger partial charge < -0.3 is 20.9 Å². The standard InChI is InChI=1S/C23H25F3N6O2/c1-12(33)27-11-20(34)32-18-7-8-19(32)16-9-14(5-6-15(16)18)30-22-28-10-17(23(24,25)26)21(31-22)29-13-3-2-4-13/h5-6,9-10,13,18-19H,2-4,7-8,11H2,1H3,(H,27,33)(H2,28,29,30,31)/t18-,19+/m1/s1. The number of carbonyl (C=O) groups is 2. The van der Waals surface area contributed by atoms with E-state index in [-0.39, 0.29) is 48.3 Å². The number of nitrogens with zero attached hydrogens (tertiary/aromatic N) is 3. The molecule has 2 bridgehead atoms. The maximum absolute atomic E-state index is 13.4. The second-order valence-corrected chi connectivity index (χ2v) is 9.01. The molecule has 2 atom stereocenters. The van der Waals surface area contributed by atoms with Crippen LogP contribution in [0, 0.1) is 0 Å². The molecule has 2 aromatic rings. The first-order valence-electron chi connectivity index (χ1n) is 11.4. The fourth-order valence-electron chi connectivity index (χ4n) is 4.94. The van der Waals surface area contributed by atoms with Gasteiger partial charge in [-0.1, -0.05) is 6.07 Å². The number of anilines is 3. The number of halogens is 3. The minimum atomic E-state index is -4.55. The largest absolute Gasteiger partial charge is 0.421 e. The van der Waals surface area contributed by atoms with Crippen LogP contribution in [0.15, 0.2) is 24.4 Å². The van der Waals surface area contributed by atoms with Crippen LogP contribution < -0.4 is 16.0 Å². The number of nitrogens with one attached hydrogen (secondary N) is 3. The van der Waals surface area contributed by atoms with Crippen LogP contribution in [0.3, 0.4) is 0 Å². The van der Waals surface area contributed by atoms with Crippen LogP contribution >= 0.6 is 0 Å². The lowest BCUT2D eigenvalue weighted by Gasteiger charge is -2.28. The molecule has 1 saturated carbocycles. The van der Waals surface area contributed by atoms with Gasteiger partial charge in [0.25, 0.3) is 0 Å². The van der Waals surface area contributed by atoms with E-state index in [1.165, 1.54) is 6.92 Å². The highest BCUT2D eigenvalue weighted by molar-refractivity contribution is 5.85. The quantitative estimate of drug-likeness (QED) is 0.584. The van der Waals surface area contributed by atoms with Gasteiger partial charge >= 0.3 is 6.18 Å². The smallest absolute Gasteiger partial charge is 0.367 e. The maximum Gasteiger partial charge on any atom is 0.421 e. The van der Waals surface area contributed by atoms with Crippen molar-refractivity contribution < 1.29 is 22.8 Å². The predicted molar refractivity (Wildman–Crippen MR) is 118 cm³/mol. The minimum absolute atomic E-state index is 0.0135. The summed E-state index contributed by atoms with van der Waals surface area (Å²) in [6.07, 6.45) is 0.534. The van der Waals surface area contributed by atoms with Gasteiger partial charge in [-0.2, -0.15) is 18.2 Å². The summed E-state index contributed by atoms with van der Waals surface area (Å²) in [7, 11) is 0. The number of alkyl halides is 3. The molecule has 5 rings (SSSR count). The zero-order valence-electron chi connectivity index (χ0n) is 18.6. The number of benzene rings is 1. The minimum Gasteiger partial charge on any atom is -0.367 e. The van der Waals surface area contributed by atoms with Crippen molar-refractivity contribution in [2.24, 2.45) is 0 Å². The van der Waals surface area contributed by atoms with Gasteiger partial charge in [-0.15, -0.1) is 0 Å². The summed E-state index contributed by atoms with van der Waals surface area (Å²) < 4.78 is 40.3. The van der Waals surface area contributed by atoms with Crippen LogP contribution in [0.5, 0.6) is 0 Å². The van der Waals surface area contributed by atoms with Gasteiger partial charge in [-0.25, -0.2) is 4.98 Å². The number of rotatable bonds is 6. The Bertz CT molecular complexity index is 1130. The van der Waals surface area contributed by atoms with Gasteiger partial charge in [-0.3, -0.25) is 9.59 Å². The number of aromatic nitrogens is 2. The van der Waals surface area contributed by atoms with E-state index in [4.69, 9.17) is 0 Å². The van der Waals surface area contributed by atoms with Crippen LogP contribution in [0.25, 0.3) is 0 Å². The number of hydrogen-bond acceptors (Lipinski definition) is 6. The van der Waals surface area contributed by atoms with Gasteiger partial charge in [0.1, 0.15) is 11.4 Å². The van der Waals surface area contributed by atoms with E-state index in [0.717, 1.165) is 49.4 Å². The number of amides is 2. The Labute approximate surface area is 194 Å². The third-order valence-corrected chi connectivity index (χ3v) is 6.76. The van der Waals surface area contributed by atoms with Crippen molar-refractivity contribution in [3.05, 3.63) is 41.1 Å². The van der Waals surface area contributed by atoms with Gasteiger partial charge in [0.05, 0.1) is 18.6 Å². The Balaban J connectivity index is 1.36. The lowest BCUT2D eigenvalue weighted by atomic mass is 9.91. The van der Waals surface area contributed by atoms with Crippen LogP contribution in [-0.4, -0.2) is 39.3 Å². The highest BCUT2D eigenvalue weighted by atomic mass is 19.4. The van der Waals surface area contributed by atoms with Gasteiger partial charge in [0, 0.05) is 24.8 Å². The van der Waals surface area contributed by atoms with Crippen LogP contribution in [-0.2, 0) is 15.8 Å². The van der Waals surface area contributed by atoms with Crippen molar-refractivity contribution in [2.45, 2.75) is 63.3 Å². The molecule has 34 heavy (non-hydrogen) atoms. The third kappa shape index (κ3) is 4.14. The van der Waals surface area contributed by atoms with E-state index in [1.54, 1.807) is 0 Å². The molecule has 180 valence electrons. The molecule has 0 unspecified atom stereocenters. The monoisotopic (exact) mass is 474 g/mol. The number of fused-ring (bicyclic) bond motifs is 5. The summed E-state index contributed by atoms with van der Waals surface area (Å²) in [6.45, 7) is 1.33. The summed E-state index contributed by atoms with van der Waals surface area (Å²) in [4.78, 5) is 33.7. The molecule has 2 fully saturated rings. The fourth-order valence-corrected chi connectivity index (χ4v) is 4.94. The zero-order valence-corrected chi connectivity index (χ0v) is 18.6. The third-order valence-electron chi connectivity index (χ3n) is 6.76. The molecule has 2 amide bonds. The summed E-state index contributed by atoms with van der Waals surface area (Å²) in [5.74, 6) is -0.543. The SMILES string of the molecule is CC(=O)NCC(=O)N1[C@@H]2CC[C@H]1c1cc(Nc3ncc(C(F)(F)F)c(NC4CCC4)n3)ccc12. The average Bonchev–Trinajstić information content (AvgIpc) is 3.31. The predicted octanol–water partition coefficient (Wildman–Crippen LogP) is 4.06. The van der Waals surface area contributed by atoms with Crippen LogP contribution in [0.4, 0.5) is 30.6 Å². The zero-order chi connectivity index (χ0) is 24.0. The average molecular weight is 474 g/mol. The molecule has 0 radical (unpaired) electrons. The molecule has 11 heteroatoms. The molecule has 0 spiro atoms. The lowest BCUT2D eigenvalue weighted by Crippen LogP contribution is -2.37. The van der Waals surface area contributed by atoms with Gasteiger partial charge in [0.2, 0.25) is 17.8 Å².